The van der Waals surface area contributed by atoms with Gasteiger partial charge < -0.3 is 24.8 Å². The van der Waals surface area contributed by atoms with Crippen molar-refractivity contribution in [2.24, 2.45) is 5.16 Å². The number of aromatic nitrogens is 2. The number of ether oxygens (including phenoxy) is 1. The van der Waals surface area contributed by atoms with E-state index >= 15 is 0 Å². The van der Waals surface area contributed by atoms with Crippen LogP contribution < -0.4 is 11.1 Å². The molecular weight excluding hydrogens is 837 g/mol. The molecule has 0 bridgehead atoms. The monoisotopic (exact) mass is 872 g/mol. The SMILES string of the molecule is CS(=O)(=O)OC1=C(C(=O)OC(c2ccccc2)c2ccccc2)N2C(=O)C(NC(=O)C(=NOC(c3ccccc3)(c3ccccc3)c3ccccc3)c3nsc(N)n3)C2SC1. The highest BCUT2D eigenvalue weighted by atomic mass is 32.2. The molecule has 17 heteroatoms. The number of anilines is 1. The fraction of sp³-hybridized carbons (Fsp3) is 0.136. The van der Waals surface area contributed by atoms with Gasteiger partial charge in [0, 0.05) is 28.2 Å². The largest absolute Gasteiger partial charge is 0.448 e. The number of amides is 2. The minimum atomic E-state index is -4.15. The highest BCUT2D eigenvalue weighted by molar-refractivity contribution is 8.00. The number of hydrogen-bond donors (Lipinski definition) is 2. The maximum atomic E-state index is 14.4. The number of nitrogens with zero attached hydrogens (tertiary/aromatic N) is 4. The first-order valence-corrected chi connectivity index (χ1v) is 22.4. The number of carbonyl (C=O) groups excluding carboxylic acids is 3. The Morgan fingerprint density at radius 1 is 0.820 bits per heavy atom. The maximum Gasteiger partial charge on any atom is 0.359 e. The lowest BCUT2D eigenvalue weighted by Crippen LogP contribution is -2.71. The van der Waals surface area contributed by atoms with E-state index in [2.05, 4.69) is 19.8 Å². The summed E-state index contributed by atoms with van der Waals surface area (Å²) in [5.41, 5.74) is 7.19. The van der Waals surface area contributed by atoms with Gasteiger partial charge in [0.1, 0.15) is 11.4 Å². The predicted molar refractivity (Wildman–Crippen MR) is 230 cm³/mol. The highest BCUT2D eigenvalue weighted by Crippen LogP contribution is 2.43. The van der Waals surface area contributed by atoms with Crippen LogP contribution in [0.15, 0.2) is 168 Å². The molecule has 0 spiro atoms. The number of rotatable bonds is 14. The van der Waals surface area contributed by atoms with E-state index < -0.39 is 56.7 Å². The summed E-state index contributed by atoms with van der Waals surface area (Å²) in [6, 6.07) is 44.8. The molecule has 61 heavy (non-hydrogen) atoms. The fourth-order valence-corrected chi connectivity index (χ4v) is 9.36. The summed E-state index contributed by atoms with van der Waals surface area (Å²) in [6.45, 7) is 0. The zero-order valence-electron chi connectivity index (χ0n) is 32.2. The molecule has 0 radical (unpaired) electrons. The van der Waals surface area contributed by atoms with Crippen molar-refractivity contribution in [3.63, 3.8) is 0 Å². The van der Waals surface area contributed by atoms with Crippen LogP contribution in [0.3, 0.4) is 0 Å². The van der Waals surface area contributed by atoms with Crippen molar-refractivity contribution in [3.8, 4) is 0 Å². The van der Waals surface area contributed by atoms with E-state index in [1.165, 1.54) is 0 Å². The Morgan fingerprint density at radius 3 is 1.77 bits per heavy atom. The van der Waals surface area contributed by atoms with Gasteiger partial charge in [-0.2, -0.15) is 17.8 Å². The summed E-state index contributed by atoms with van der Waals surface area (Å²) >= 11 is 1.92. The molecule has 3 N–H and O–H groups in total. The molecule has 2 aliphatic rings. The van der Waals surface area contributed by atoms with Crippen LogP contribution in [0, 0.1) is 0 Å². The number of nitrogens with two attached hydrogens (primary N) is 1. The smallest absolute Gasteiger partial charge is 0.359 e. The third-order valence-corrected chi connectivity index (χ3v) is 12.1. The number of nitrogens with one attached hydrogen (secondary N) is 1. The third-order valence-electron chi connectivity index (χ3n) is 9.78. The van der Waals surface area contributed by atoms with E-state index in [1.54, 1.807) is 48.5 Å². The Bertz CT molecular complexity index is 2590. The van der Waals surface area contributed by atoms with Crippen LogP contribution in [0.25, 0.3) is 0 Å². The molecular formula is C44H36N6O8S3. The number of hydrogen-bond acceptors (Lipinski definition) is 14. The molecule has 2 atom stereocenters. The molecule has 2 amide bonds. The Kier molecular flexibility index (Phi) is 11.7. The lowest BCUT2D eigenvalue weighted by atomic mass is 9.80. The molecule has 1 aromatic heterocycles. The van der Waals surface area contributed by atoms with Gasteiger partial charge in [-0.1, -0.05) is 157 Å². The molecule has 14 nitrogen and oxygen atoms in total. The molecule has 0 saturated carbocycles. The minimum Gasteiger partial charge on any atom is -0.448 e. The molecule has 2 aliphatic heterocycles. The Balaban J connectivity index is 1.13. The van der Waals surface area contributed by atoms with Crippen LogP contribution in [0.1, 0.15) is 39.7 Å². The molecule has 3 heterocycles. The standard InChI is InChI=1S/C44H36N6O8S3/c1-61(54,55)57-33-27-59-41-35(40(52)50(41)36(33)42(53)56-37(28-17-7-2-8-18-28)29-19-9-3-10-20-29)46-39(51)34(38-47-43(45)60-49-38)48-58-44(30-21-11-4-12-22-30,31-23-13-5-14-24-31)32-25-15-6-16-26-32/h2-26,35,37,41H,27H2,1H3,(H,46,51)(H2,45,47,49). The van der Waals surface area contributed by atoms with E-state index in [0.717, 1.165) is 34.5 Å². The topological polar surface area (TPSA) is 192 Å². The first-order chi connectivity index (χ1) is 29.5. The first-order valence-electron chi connectivity index (χ1n) is 18.7. The predicted octanol–water partition coefficient (Wildman–Crippen LogP) is 5.75. The van der Waals surface area contributed by atoms with Gasteiger partial charge in [-0.25, -0.2) is 4.79 Å². The summed E-state index contributed by atoms with van der Waals surface area (Å²) in [6.07, 6.45) is -0.0878. The highest BCUT2D eigenvalue weighted by Gasteiger charge is 2.56. The average Bonchev–Trinajstić information content (AvgIpc) is 3.72. The van der Waals surface area contributed by atoms with Gasteiger partial charge in [-0.15, -0.1) is 11.8 Å². The van der Waals surface area contributed by atoms with E-state index in [1.807, 2.05) is 103 Å². The van der Waals surface area contributed by atoms with E-state index in [4.69, 9.17) is 19.5 Å². The average molecular weight is 873 g/mol. The van der Waals surface area contributed by atoms with Crippen LogP contribution in [0.5, 0.6) is 0 Å². The van der Waals surface area contributed by atoms with Crippen molar-refractivity contribution in [1.29, 1.82) is 0 Å². The summed E-state index contributed by atoms with van der Waals surface area (Å²) < 4.78 is 40.5. The Hall–Kier alpha value is -6.82. The summed E-state index contributed by atoms with van der Waals surface area (Å²) in [5, 5.41) is 6.37. The number of β-lactam (4-membered cyclic amide) rings is 1. The normalized spacial score (nSPS) is 16.7. The third kappa shape index (κ3) is 8.48. The van der Waals surface area contributed by atoms with E-state index in [-0.39, 0.29) is 28.2 Å². The molecule has 0 aliphatic carbocycles. The maximum absolute atomic E-state index is 14.4. The number of fused-ring (bicyclic) bond motifs is 1. The molecule has 1 fully saturated rings. The van der Waals surface area contributed by atoms with Crippen LogP contribution in [0.4, 0.5) is 5.13 Å². The molecule has 6 aromatic rings. The van der Waals surface area contributed by atoms with Gasteiger partial charge in [-0.3, -0.25) is 14.5 Å². The minimum absolute atomic E-state index is 0.0562. The summed E-state index contributed by atoms with van der Waals surface area (Å²) in [5.74, 6) is -3.20. The second kappa shape index (κ2) is 17.4. The summed E-state index contributed by atoms with van der Waals surface area (Å²) in [7, 11) is -4.15. The van der Waals surface area contributed by atoms with Crippen molar-refractivity contribution in [3.05, 3.63) is 197 Å². The van der Waals surface area contributed by atoms with Gasteiger partial charge >= 0.3 is 16.1 Å². The van der Waals surface area contributed by atoms with Crippen LogP contribution in [-0.2, 0) is 43.9 Å². The number of oxime groups is 1. The number of esters is 1. The van der Waals surface area contributed by atoms with Gasteiger partial charge in [0.2, 0.25) is 17.1 Å². The number of thioether (sulfide) groups is 1. The van der Waals surface area contributed by atoms with Crippen molar-refractivity contribution in [2.45, 2.75) is 23.1 Å². The molecule has 308 valence electrons. The second-order valence-corrected chi connectivity index (χ2v) is 17.3. The zero-order chi connectivity index (χ0) is 42.6. The molecule has 2 unspecified atom stereocenters. The van der Waals surface area contributed by atoms with E-state index in [0.29, 0.717) is 27.8 Å². The molecule has 5 aromatic carbocycles. The van der Waals surface area contributed by atoms with Crippen LogP contribution >= 0.6 is 23.3 Å². The Labute approximate surface area is 359 Å². The van der Waals surface area contributed by atoms with Gasteiger partial charge in [0.25, 0.3) is 11.8 Å². The van der Waals surface area contributed by atoms with Crippen molar-refractivity contribution < 1.29 is 36.6 Å². The Morgan fingerprint density at radius 2 is 1.31 bits per heavy atom. The van der Waals surface area contributed by atoms with Crippen molar-refractivity contribution >= 4 is 62.0 Å². The molecule has 1 saturated heterocycles. The van der Waals surface area contributed by atoms with Crippen LogP contribution in [-0.4, -0.2) is 69.6 Å². The number of nitrogen functional groups attached to an aromatic ring is 1. The molecule has 8 rings (SSSR count). The number of carbonyl (C=O) groups is 3. The zero-order valence-corrected chi connectivity index (χ0v) is 34.7. The second-order valence-electron chi connectivity index (χ2n) is 13.8. The van der Waals surface area contributed by atoms with Crippen molar-refractivity contribution in [2.75, 3.05) is 17.7 Å². The van der Waals surface area contributed by atoms with Crippen molar-refractivity contribution in [1.82, 2.24) is 19.6 Å². The number of benzene rings is 5. The van der Waals surface area contributed by atoms with Gasteiger partial charge in [0.15, 0.2) is 22.7 Å². The lowest BCUT2D eigenvalue weighted by molar-refractivity contribution is -0.154. The fourth-order valence-electron chi connectivity index (χ4n) is 7.09. The quantitative estimate of drug-likeness (QED) is 0.0337. The first kappa shape index (κ1) is 40.9. The lowest BCUT2D eigenvalue weighted by Gasteiger charge is -2.49. The summed E-state index contributed by atoms with van der Waals surface area (Å²) in [4.78, 5) is 54.7. The van der Waals surface area contributed by atoms with Crippen LogP contribution in [0.2, 0.25) is 0 Å². The van der Waals surface area contributed by atoms with Gasteiger partial charge in [0.05, 0.1) is 12.0 Å². The van der Waals surface area contributed by atoms with E-state index in [9.17, 15) is 22.8 Å². The van der Waals surface area contributed by atoms with Gasteiger partial charge in [-0.05, 0) is 11.1 Å².